The highest BCUT2D eigenvalue weighted by molar-refractivity contribution is 5.93. The molecule has 2 saturated carbocycles. The van der Waals surface area contributed by atoms with Crippen molar-refractivity contribution in [3.05, 3.63) is 11.6 Å². The van der Waals surface area contributed by atoms with Crippen LogP contribution >= 0.6 is 0 Å². The lowest BCUT2D eigenvalue weighted by molar-refractivity contribution is -0.147. The van der Waals surface area contributed by atoms with Crippen molar-refractivity contribution in [2.45, 2.75) is 50.5 Å². The molecular weight excluding hydrogens is 188 g/mol. The number of carbonyl (C=O) groups is 1. The second-order valence-electron chi connectivity index (χ2n) is 5.35. The predicted octanol–water partition coefficient (Wildman–Crippen LogP) is 2.63. The number of methoxy groups -OCH3 is 1. The van der Waals surface area contributed by atoms with E-state index < -0.39 is 5.60 Å². The van der Waals surface area contributed by atoms with Crippen LogP contribution in [0.4, 0.5) is 0 Å². The summed E-state index contributed by atoms with van der Waals surface area (Å²) in [5.41, 5.74) is 1.26. The maximum atomic E-state index is 12.1. The lowest BCUT2D eigenvalue weighted by Gasteiger charge is -2.52. The van der Waals surface area contributed by atoms with Crippen molar-refractivity contribution in [1.82, 2.24) is 0 Å². The van der Waals surface area contributed by atoms with Crippen LogP contribution in [0.25, 0.3) is 0 Å². The molecule has 1 spiro atoms. The highest BCUT2D eigenvalue weighted by Crippen LogP contribution is 2.57. The van der Waals surface area contributed by atoms with E-state index in [4.69, 9.17) is 4.74 Å². The molecule has 2 fully saturated rings. The molecule has 2 heteroatoms. The van der Waals surface area contributed by atoms with E-state index in [1.807, 2.05) is 0 Å². The van der Waals surface area contributed by atoms with E-state index in [0.29, 0.717) is 5.78 Å². The normalized spacial score (nSPS) is 43.8. The number of ketones is 1. The number of allylic oxidation sites excluding steroid dienone is 1. The van der Waals surface area contributed by atoms with Gasteiger partial charge in [-0.1, -0.05) is 12.0 Å². The summed E-state index contributed by atoms with van der Waals surface area (Å²) in [4.78, 5) is 12.1. The van der Waals surface area contributed by atoms with Crippen molar-refractivity contribution < 1.29 is 9.53 Å². The molecule has 2 atom stereocenters. The Balaban J connectivity index is 2.08. The Morgan fingerprint density at radius 3 is 2.87 bits per heavy atom. The van der Waals surface area contributed by atoms with Gasteiger partial charge in [0.1, 0.15) is 5.60 Å². The molecule has 0 aromatic heterocycles. The molecule has 2 nitrogen and oxygen atoms in total. The number of hydrogen-bond donors (Lipinski definition) is 0. The molecule has 0 aliphatic heterocycles. The molecule has 4 aliphatic rings. The van der Waals surface area contributed by atoms with Crippen molar-refractivity contribution in [3.8, 4) is 0 Å². The van der Waals surface area contributed by atoms with Crippen LogP contribution < -0.4 is 0 Å². The van der Waals surface area contributed by atoms with E-state index in [9.17, 15) is 4.79 Å². The maximum Gasteiger partial charge on any atom is 0.169 e. The molecule has 0 amide bonds. The van der Waals surface area contributed by atoms with Crippen molar-refractivity contribution in [2.75, 3.05) is 7.11 Å². The first-order chi connectivity index (χ1) is 7.21. The minimum atomic E-state index is -0.533. The smallest absolute Gasteiger partial charge is 0.169 e. The Morgan fingerprint density at radius 1 is 1.27 bits per heavy atom. The molecular formula is C13H18O2. The van der Waals surface area contributed by atoms with Gasteiger partial charge in [-0.3, -0.25) is 4.79 Å². The molecule has 0 radical (unpaired) electrons. The van der Waals surface area contributed by atoms with Crippen LogP contribution in [0, 0.1) is 5.41 Å². The molecule has 0 heterocycles. The molecule has 0 saturated heterocycles. The van der Waals surface area contributed by atoms with Gasteiger partial charge in [0.15, 0.2) is 5.78 Å². The summed E-state index contributed by atoms with van der Waals surface area (Å²) in [6.07, 6.45) is 9.99. The van der Waals surface area contributed by atoms with Gasteiger partial charge in [-0.05, 0) is 43.6 Å². The first-order valence-corrected chi connectivity index (χ1v) is 6.02. The molecule has 2 bridgehead atoms. The summed E-state index contributed by atoms with van der Waals surface area (Å²) in [5, 5.41) is 0. The summed E-state index contributed by atoms with van der Waals surface area (Å²) >= 11 is 0. The quantitative estimate of drug-likeness (QED) is 0.616. The van der Waals surface area contributed by atoms with Gasteiger partial charge in [-0.15, -0.1) is 0 Å². The first kappa shape index (κ1) is 9.59. The fraction of sp³-hybridized carbons (Fsp3) is 0.769. The van der Waals surface area contributed by atoms with Gasteiger partial charge in [0, 0.05) is 13.5 Å². The molecule has 0 N–H and O–H groups in total. The molecule has 4 aliphatic carbocycles. The van der Waals surface area contributed by atoms with Gasteiger partial charge >= 0.3 is 0 Å². The zero-order chi connectivity index (χ0) is 10.5. The summed E-state index contributed by atoms with van der Waals surface area (Å²) in [6.45, 7) is 0. The van der Waals surface area contributed by atoms with Crippen LogP contribution in [0.15, 0.2) is 11.6 Å². The Hall–Kier alpha value is -0.630. The van der Waals surface area contributed by atoms with E-state index in [0.717, 1.165) is 12.8 Å². The van der Waals surface area contributed by atoms with E-state index in [-0.39, 0.29) is 5.41 Å². The zero-order valence-electron chi connectivity index (χ0n) is 9.34. The summed E-state index contributed by atoms with van der Waals surface area (Å²) in [5.74, 6) is 0.321. The Kier molecular flexibility index (Phi) is 1.88. The first-order valence-electron chi connectivity index (χ1n) is 6.02. The summed E-state index contributed by atoms with van der Waals surface area (Å²) < 4.78 is 5.50. The monoisotopic (exact) mass is 206 g/mol. The minimum Gasteiger partial charge on any atom is -0.366 e. The van der Waals surface area contributed by atoms with Crippen LogP contribution in [0.1, 0.15) is 44.9 Å². The Labute approximate surface area is 90.7 Å². The third kappa shape index (κ3) is 1.12. The van der Waals surface area contributed by atoms with Crippen LogP contribution in [0.3, 0.4) is 0 Å². The molecule has 15 heavy (non-hydrogen) atoms. The highest BCUT2D eigenvalue weighted by Gasteiger charge is 2.54. The third-order valence-electron chi connectivity index (χ3n) is 4.75. The Bertz CT molecular complexity index is 344. The van der Waals surface area contributed by atoms with E-state index in [1.54, 1.807) is 7.11 Å². The number of Topliss-reactive ketones (excluding diaryl/α,β-unsaturated/α-hetero) is 1. The van der Waals surface area contributed by atoms with Gasteiger partial charge in [-0.2, -0.15) is 0 Å². The fourth-order valence-corrected chi connectivity index (χ4v) is 3.74. The predicted molar refractivity (Wildman–Crippen MR) is 57.6 cm³/mol. The summed E-state index contributed by atoms with van der Waals surface area (Å²) in [6, 6.07) is 0. The molecule has 0 aromatic carbocycles. The lowest BCUT2D eigenvalue weighted by Crippen LogP contribution is -2.53. The van der Waals surface area contributed by atoms with Gasteiger partial charge in [-0.25, -0.2) is 0 Å². The van der Waals surface area contributed by atoms with Gasteiger partial charge in [0.25, 0.3) is 0 Å². The number of ether oxygens (including phenoxy) is 1. The third-order valence-corrected chi connectivity index (χ3v) is 4.75. The van der Waals surface area contributed by atoms with E-state index >= 15 is 0 Å². The maximum absolute atomic E-state index is 12.1. The van der Waals surface area contributed by atoms with Crippen molar-refractivity contribution >= 4 is 5.78 Å². The molecule has 82 valence electrons. The van der Waals surface area contributed by atoms with Crippen LogP contribution in [0.5, 0.6) is 0 Å². The van der Waals surface area contributed by atoms with Gasteiger partial charge in [0.2, 0.25) is 0 Å². The topological polar surface area (TPSA) is 26.3 Å². The second kappa shape index (κ2) is 2.94. The van der Waals surface area contributed by atoms with Crippen LogP contribution in [0.2, 0.25) is 0 Å². The number of carbonyl (C=O) groups excluding carboxylic acids is 1. The lowest BCUT2D eigenvalue weighted by atomic mass is 9.54. The zero-order valence-corrected chi connectivity index (χ0v) is 9.34. The number of rotatable bonds is 1. The second-order valence-corrected chi connectivity index (χ2v) is 5.35. The van der Waals surface area contributed by atoms with Gasteiger partial charge in [0.05, 0.1) is 0 Å². The van der Waals surface area contributed by atoms with Crippen LogP contribution in [-0.2, 0) is 9.53 Å². The summed E-state index contributed by atoms with van der Waals surface area (Å²) in [7, 11) is 1.68. The van der Waals surface area contributed by atoms with Crippen LogP contribution in [-0.4, -0.2) is 18.5 Å². The van der Waals surface area contributed by atoms with Crippen molar-refractivity contribution in [1.29, 1.82) is 0 Å². The molecule has 0 unspecified atom stereocenters. The van der Waals surface area contributed by atoms with Crippen molar-refractivity contribution in [3.63, 3.8) is 0 Å². The van der Waals surface area contributed by atoms with E-state index in [2.05, 4.69) is 6.08 Å². The average molecular weight is 206 g/mol. The SMILES string of the molecule is CO[C@]12C=C3CCCC[C@@]3(CC1)CC2=O. The standard InChI is InChI=1S/C13H18O2/c1-15-13-7-6-12(9-11(13)14)5-3-2-4-10(12)8-13/h8H,2-7,9H2,1H3/t12-,13+/m1/s1. The van der Waals surface area contributed by atoms with E-state index in [1.165, 1.54) is 37.7 Å². The number of fused-ring (bicyclic) bond motifs is 2. The fourth-order valence-electron chi connectivity index (χ4n) is 3.74. The minimum absolute atomic E-state index is 0.260. The highest BCUT2D eigenvalue weighted by atomic mass is 16.5. The van der Waals surface area contributed by atoms with Crippen molar-refractivity contribution in [2.24, 2.45) is 5.41 Å². The molecule has 4 rings (SSSR count). The van der Waals surface area contributed by atoms with Gasteiger partial charge < -0.3 is 4.74 Å². The largest absolute Gasteiger partial charge is 0.366 e. The average Bonchev–Trinajstić information content (AvgIpc) is 2.28. The molecule has 0 aromatic rings. The number of hydrogen-bond acceptors (Lipinski definition) is 2. The Morgan fingerprint density at radius 2 is 2.13 bits per heavy atom.